The van der Waals surface area contributed by atoms with Gasteiger partial charge in [-0.3, -0.25) is 14.2 Å². The van der Waals surface area contributed by atoms with Crippen LogP contribution in [0.1, 0.15) is 43.5 Å². The number of thiazole rings is 1. The van der Waals surface area contributed by atoms with Gasteiger partial charge in [0, 0.05) is 11.3 Å². The van der Waals surface area contributed by atoms with Crippen LogP contribution in [-0.2, 0) is 14.3 Å². The van der Waals surface area contributed by atoms with Crippen LogP contribution in [0.3, 0.4) is 0 Å². The van der Waals surface area contributed by atoms with Gasteiger partial charge in [-0.1, -0.05) is 35.1 Å². The number of esters is 1. The zero-order valence-corrected chi connectivity index (χ0v) is 21.4. The van der Waals surface area contributed by atoms with Crippen molar-refractivity contribution in [3.8, 4) is 5.75 Å². The number of fused-ring (bicyclic) bond motifs is 2. The number of benzene rings is 2. The lowest BCUT2D eigenvalue weighted by atomic mass is 9.95. The largest absolute Gasteiger partial charge is 0.497 e. The fraction of sp³-hybridized carbons (Fsp3) is 0.259. The van der Waals surface area contributed by atoms with Gasteiger partial charge in [-0.15, -0.1) is 0 Å². The van der Waals surface area contributed by atoms with E-state index in [0.29, 0.717) is 38.6 Å². The van der Waals surface area contributed by atoms with E-state index in [1.807, 2.05) is 37.3 Å². The highest BCUT2D eigenvalue weighted by Gasteiger charge is 2.35. The zero-order valence-electron chi connectivity index (χ0n) is 20.5. The van der Waals surface area contributed by atoms with Gasteiger partial charge in [-0.05, 0) is 57.5 Å². The van der Waals surface area contributed by atoms with Crippen LogP contribution in [0.5, 0.6) is 5.75 Å². The summed E-state index contributed by atoms with van der Waals surface area (Å²) in [6.07, 6.45) is -0.344. The minimum atomic E-state index is -0.769. The molecule has 0 saturated heterocycles. The summed E-state index contributed by atoms with van der Waals surface area (Å²) in [5.74, 6) is -0.225. The van der Waals surface area contributed by atoms with Crippen molar-refractivity contribution in [1.82, 2.24) is 4.57 Å². The summed E-state index contributed by atoms with van der Waals surface area (Å²) in [4.78, 5) is 45.2. The molecule has 1 atom stereocenters. The van der Waals surface area contributed by atoms with Crippen LogP contribution in [0.15, 0.2) is 63.5 Å². The number of aryl methyl sites for hydroxylation is 1. The van der Waals surface area contributed by atoms with E-state index >= 15 is 0 Å². The number of hydrogen-bond acceptors (Lipinski definition) is 7. The van der Waals surface area contributed by atoms with Crippen LogP contribution in [0.25, 0.3) is 5.57 Å². The lowest BCUT2D eigenvalue weighted by Crippen LogP contribution is -2.40. The molecule has 0 bridgehead atoms. The summed E-state index contributed by atoms with van der Waals surface area (Å²) in [7, 11) is 1.57. The van der Waals surface area contributed by atoms with Crippen molar-refractivity contribution < 1.29 is 19.1 Å². The van der Waals surface area contributed by atoms with E-state index in [9.17, 15) is 14.4 Å². The highest BCUT2D eigenvalue weighted by molar-refractivity contribution is 7.07. The molecule has 0 radical (unpaired) electrons. The van der Waals surface area contributed by atoms with Crippen molar-refractivity contribution in [2.24, 2.45) is 4.99 Å². The molecule has 3 heterocycles. The number of amides is 1. The van der Waals surface area contributed by atoms with E-state index in [1.165, 1.54) is 4.57 Å². The van der Waals surface area contributed by atoms with Gasteiger partial charge < -0.3 is 14.8 Å². The second kappa shape index (κ2) is 8.91. The van der Waals surface area contributed by atoms with Crippen molar-refractivity contribution in [3.05, 3.63) is 90.1 Å². The summed E-state index contributed by atoms with van der Waals surface area (Å²) in [6.45, 7) is 7.20. The van der Waals surface area contributed by atoms with Crippen molar-refractivity contribution in [3.63, 3.8) is 0 Å². The molecule has 36 heavy (non-hydrogen) atoms. The summed E-state index contributed by atoms with van der Waals surface area (Å²) in [5.41, 5.74) is 3.69. The molecule has 8 nitrogen and oxygen atoms in total. The Morgan fingerprint density at radius 3 is 2.50 bits per heavy atom. The first kappa shape index (κ1) is 23.7. The first-order valence-electron chi connectivity index (χ1n) is 11.5. The number of nitrogens with zero attached hydrogens (tertiary/aromatic N) is 2. The Bertz CT molecular complexity index is 1630. The minimum absolute atomic E-state index is 0.278. The average molecular weight is 504 g/mol. The molecule has 2 aliphatic rings. The van der Waals surface area contributed by atoms with Crippen LogP contribution in [0, 0.1) is 6.92 Å². The van der Waals surface area contributed by atoms with Crippen molar-refractivity contribution in [1.29, 1.82) is 0 Å². The van der Waals surface area contributed by atoms with Crippen LogP contribution >= 0.6 is 11.3 Å². The van der Waals surface area contributed by atoms with E-state index < -0.39 is 12.0 Å². The maximum Gasteiger partial charge on any atom is 0.338 e. The summed E-state index contributed by atoms with van der Waals surface area (Å²) in [6, 6.07) is 12.0. The average Bonchev–Trinajstić information content (AvgIpc) is 3.32. The lowest BCUT2D eigenvalue weighted by molar-refractivity contribution is -0.143. The summed E-state index contributed by atoms with van der Waals surface area (Å²) in [5, 5.41) is 2.85. The molecule has 3 aromatic rings. The standard InChI is InChI=1S/C27H25N3O5S/c1-13(2)35-26(33)20-15(4)28-27-30(22(20)16-7-9-17(34-5)10-8-16)25(32)23(36-27)21-18-12-14(3)6-11-19(18)29-24(21)31/h6-13,22H,1-5H3,(H,29,31)/b23-21-/t22-/m0/s1. The molecule has 0 unspecified atom stereocenters. The second-order valence-electron chi connectivity index (χ2n) is 9.01. The van der Waals surface area contributed by atoms with Crippen molar-refractivity contribution in [2.75, 3.05) is 12.4 Å². The Kier molecular flexibility index (Phi) is 5.88. The van der Waals surface area contributed by atoms with E-state index in [1.54, 1.807) is 40.0 Å². The second-order valence-corrected chi connectivity index (χ2v) is 9.99. The maximum absolute atomic E-state index is 14.0. The number of aromatic nitrogens is 1. The van der Waals surface area contributed by atoms with Crippen LogP contribution in [0.4, 0.5) is 5.69 Å². The third-order valence-corrected chi connectivity index (χ3v) is 7.19. The SMILES string of the molecule is COc1ccc([C@H]2C(C(=O)OC(C)C)=C(C)N=c3s/c(=C4\C(=O)Nc5ccc(C)cc54)c(=O)n32)cc1. The molecule has 0 spiro atoms. The number of carbonyl (C=O) groups is 2. The monoisotopic (exact) mass is 503 g/mol. The Labute approximate surface area is 211 Å². The van der Waals surface area contributed by atoms with E-state index in [-0.39, 0.29) is 27.7 Å². The minimum Gasteiger partial charge on any atom is -0.497 e. The molecule has 1 amide bonds. The predicted molar refractivity (Wildman–Crippen MR) is 137 cm³/mol. The van der Waals surface area contributed by atoms with E-state index in [0.717, 1.165) is 16.9 Å². The van der Waals surface area contributed by atoms with Crippen LogP contribution < -0.4 is 24.9 Å². The first-order valence-corrected chi connectivity index (χ1v) is 12.3. The smallest absolute Gasteiger partial charge is 0.338 e. The Balaban J connectivity index is 1.80. The van der Waals surface area contributed by atoms with Crippen LogP contribution in [0.2, 0.25) is 0 Å². The number of anilines is 1. The Morgan fingerprint density at radius 1 is 1.11 bits per heavy atom. The van der Waals surface area contributed by atoms with E-state index in [2.05, 4.69) is 10.3 Å². The van der Waals surface area contributed by atoms with Gasteiger partial charge >= 0.3 is 5.97 Å². The Hall–Kier alpha value is -3.98. The number of methoxy groups -OCH3 is 1. The molecule has 2 aromatic carbocycles. The zero-order chi connectivity index (χ0) is 25.7. The molecular formula is C27H25N3O5S. The maximum atomic E-state index is 14.0. The lowest BCUT2D eigenvalue weighted by Gasteiger charge is -2.25. The van der Waals surface area contributed by atoms with Gasteiger partial charge in [0.25, 0.3) is 11.5 Å². The molecule has 5 rings (SSSR count). The Morgan fingerprint density at radius 2 is 1.83 bits per heavy atom. The molecule has 1 aromatic heterocycles. The van der Waals surface area contributed by atoms with Gasteiger partial charge in [0.1, 0.15) is 10.3 Å². The molecule has 0 saturated carbocycles. The van der Waals surface area contributed by atoms with E-state index in [4.69, 9.17) is 9.47 Å². The first-order chi connectivity index (χ1) is 17.2. The van der Waals surface area contributed by atoms with Crippen LogP contribution in [-0.4, -0.2) is 29.7 Å². The van der Waals surface area contributed by atoms with Crippen molar-refractivity contribution in [2.45, 2.75) is 39.8 Å². The topological polar surface area (TPSA) is 99.0 Å². The summed E-state index contributed by atoms with van der Waals surface area (Å²) >= 11 is 1.14. The van der Waals surface area contributed by atoms with Gasteiger partial charge in [0.05, 0.1) is 36.1 Å². The number of nitrogens with one attached hydrogen (secondary N) is 1. The molecular weight excluding hydrogens is 478 g/mol. The predicted octanol–water partition coefficient (Wildman–Crippen LogP) is 2.83. The normalized spacial score (nSPS) is 17.9. The number of allylic oxidation sites excluding steroid dienone is 1. The van der Waals surface area contributed by atoms with Gasteiger partial charge in [-0.25, -0.2) is 9.79 Å². The number of ether oxygens (including phenoxy) is 2. The van der Waals surface area contributed by atoms with Gasteiger partial charge in [-0.2, -0.15) is 0 Å². The number of rotatable bonds is 4. The third-order valence-electron chi connectivity index (χ3n) is 6.14. The molecule has 0 fully saturated rings. The fourth-order valence-corrected chi connectivity index (χ4v) is 5.66. The highest BCUT2D eigenvalue weighted by Crippen LogP contribution is 2.33. The molecule has 184 valence electrons. The third kappa shape index (κ3) is 3.85. The highest BCUT2D eigenvalue weighted by atomic mass is 32.1. The fourth-order valence-electron chi connectivity index (χ4n) is 4.52. The summed E-state index contributed by atoms with van der Waals surface area (Å²) < 4.78 is 12.6. The number of carbonyl (C=O) groups excluding carboxylic acids is 2. The molecule has 9 heteroatoms. The van der Waals surface area contributed by atoms with Crippen molar-refractivity contribution >= 4 is 34.5 Å². The molecule has 1 N–H and O–H groups in total. The van der Waals surface area contributed by atoms with Gasteiger partial charge in [0.15, 0.2) is 4.80 Å². The van der Waals surface area contributed by atoms with Gasteiger partial charge in [0.2, 0.25) is 0 Å². The number of hydrogen-bond donors (Lipinski definition) is 1. The quantitative estimate of drug-likeness (QED) is 0.552. The molecule has 0 aliphatic carbocycles. The molecule has 2 aliphatic heterocycles.